The standard InChI is InChI=1S/C25H24N6O4/c1-15-27-23-20(25(32)30(15)12-13-33-2)21-24(29-18-10-6-5-9-17(18)28-21)31(23)26-14-16-8-7-11-19(34-3)22(16)35-4/h5-11,14H,12-13H2,1-4H3/b26-14-. The molecular weight excluding hydrogens is 448 g/mol. The molecule has 0 spiro atoms. The summed E-state index contributed by atoms with van der Waals surface area (Å²) in [6, 6.07) is 13.0. The third-order valence-electron chi connectivity index (χ3n) is 5.80. The molecule has 0 radical (unpaired) electrons. The zero-order chi connectivity index (χ0) is 24.5. The van der Waals surface area contributed by atoms with Crippen molar-refractivity contribution in [1.29, 1.82) is 0 Å². The van der Waals surface area contributed by atoms with Gasteiger partial charge in [-0.2, -0.15) is 9.78 Å². The Labute approximate surface area is 200 Å². The molecule has 0 saturated carbocycles. The van der Waals surface area contributed by atoms with Gasteiger partial charge in [-0.1, -0.05) is 18.2 Å². The first-order valence-corrected chi connectivity index (χ1v) is 11.0. The molecule has 5 aromatic rings. The summed E-state index contributed by atoms with van der Waals surface area (Å²) in [4.78, 5) is 27.9. The number of aromatic nitrogens is 5. The molecule has 0 unspecified atom stereocenters. The predicted octanol–water partition coefficient (Wildman–Crippen LogP) is 3.15. The molecule has 2 aromatic carbocycles. The number of aryl methyl sites for hydroxylation is 1. The fraction of sp³-hybridized carbons (Fsp3) is 0.240. The van der Waals surface area contributed by atoms with Gasteiger partial charge in [0, 0.05) is 12.7 Å². The van der Waals surface area contributed by atoms with Crippen LogP contribution in [-0.2, 0) is 11.3 Å². The maximum absolute atomic E-state index is 13.6. The van der Waals surface area contributed by atoms with Crippen LogP contribution in [0.2, 0.25) is 0 Å². The summed E-state index contributed by atoms with van der Waals surface area (Å²) in [5.41, 5.74) is 3.11. The minimum atomic E-state index is -0.216. The smallest absolute Gasteiger partial charge is 0.265 e. The molecule has 10 heteroatoms. The van der Waals surface area contributed by atoms with Gasteiger partial charge in [-0.3, -0.25) is 9.36 Å². The molecule has 0 aliphatic heterocycles. The highest BCUT2D eigenvalue weighted by Crippen LogP contribution is 2.30. The Hall–Kier alpha value is -4.31. The summed E-state index contributed by atoms with van der Waals surface area (Å²) >= 11 is 0. The van der Waals surface area contributed by atoms with Crippen LogP contribution in [0.3, 0.4) is 0 Å². The molecule has 0 N–H and O–H groups in total. The van der Waals surface area contributed by atoms with Gasteiger partial charge in [-0.15, -0.1) is 0 Å². The van der Waals surface area contributed by atoms with Crippen molar-refractivity contribution < 1.29 is 14.2 Å². The molecule has 35 heavy (non-hydrogen) atoms. The van der Waals surface area contributed by atoms with E-state index < -0.39 is 0 Å². The van der Waals surface area contributed by atoms with Crippen LogP contribution in [-0.4, -0.2) is 58.3 Å². The van der Waals surface area contributed by atoms with Gasteiger partial charge in [0.2, 0.25) is 0 Å². The van der Waals surface area contributed by atoms with Crippen LogP contribution >= 0.6 is 0 Å². The summed E-state index contributed by atoms with van der Waals surface area (Å²) in [6.45, 7) is 2.54. The Morgan fingerprint density at radius 1 is 0.943 bits per heavy atom. The highest BCUT2D eigenvalue weighted by atomic mass is 16.5. The minimum absolute atomic E-state index is 0.216. The number of nitrogens with zero attached hydrogens (tertiary/aromatic N) is 6. The molecule has 5 rings (SSSR count). The maximum Gasteiger partial charge on any atom is 0.265 e. The molecule has 0 atom stereocenters. The van der Waals surface area contributed by atoms with Gasteiger partial charge in [0.25, 0.3) is 5.56 Å². The van der Waals surface area contributed by atoms with Crippen molar-refractivity contribution in [2.24, 2.45) is 5.10 Å². The first-order chi connectivity index (χ1) is 17.1. The number of methoxy groups -OCH3 is 3. The zero-order valence-corrected chi connectivity index (χ0v) is 19.8. The molecule has 3 heterocycles. The van der Waals surface area contributed by atoms with Crippen molar-refractivity contribution in [3.63, 3.8) is 0 Å². The Balaban J connectivity index is 1.82. The second-order valence-corrected chi connectivity index (χ2v) is 7.83. The van der Waals surface area contributed by atoms with Crippen molar-refractivity contribution in [3.8, 4) is 11.5 Å². The Morgan fingerprint density at radius 2 is 1.71 bits per heavy atom. The van der Waals surface area contributed by atoms with E-state index >= 15 is 0 Å². The summed E-state index contributed by atoms with van der Waals surface area (Å²) in [5, 5.41) is 5.03. The quantitative estimate of drug-likeness (QED) is 0.335. The lowest BCUT2D eigenvalue weighted by atomic mass is 10.2. The van der Waals surface area contributed by atoms with Gasteiger partial charge in [0.15, 0.2) is 22.8 Å². The van der Waals surface area contributed by atoms with Gasteiger partial charge in [0.05, 0.1) is 44.6 Å². The largest absolute Gasteiger partial charge is 0.493 e. The summed E-state index contributed by atoms with van der Waals surface area (Å²) in [6.07, 6.45) is 1.63. The first-order valence-electron chi connectivity index (χ1n) is 11.0. The number of rotatable bonds is 7. The van der Waals surface area contributed by atoms with E-state index in [4.69, 9.17) is 29.2 Å². The van der Waals surface area contributed by atoms with Gasteiger partial charge < -0.3 is 14.2 Å². The second-order valence-electron chi connectivity index (χ2n) is 7.83. The number of hydrogen-bond donors (Lipinski definition) is 0. The van der Waals surface area contributed by atoms with Crippen LogP contribution in [0.25, 0.3) is 33.2 Å². The lowest BCUT2D eigenvalue weighted by molar-refractivity contribution is 0.185. The van der Waals surface area contributed by atoms with Gasteiger partial charge in [-0.25, -0.2) is 15.0 Å². The number of hydrogen-bond acceptors (Lipinski definition) is 8. The van der Waals surface area contributed by atoms with Crippen molar-refractivity contribution in [1.82, 2.24) is 24.2 Å². The van der Waals surface area contributed by atoms with E-state index in [1.54, 1.807) is 43.7 Å². The van der Waals surface area contributed by atoms with Gasteiger partial charge in [0.1, 0.15) is 16.7 Å². The van der Waals surface area contributed by atoms with E-state index in [0.717, 1.165) is 0 Å². The van der Waals surface area contributed by atoms with E-state index in [1.807, 2.05) is 42.5 Å². The van der Waals surface area contributed by atoms with Gasteiger partial charge >= 0.3 is 0 Å². The van der Waals surface area contributed by atoms with E-state index in [9.17, 15) is 4.79 Å². The molecule has 0 aliphatic rings. The number of para-hydroxylation sites is 3. The van der Waals surface area contributed by atoms with E-state index in [2.05, 4.69) is 5.10 Å². The van der Waals surface area contributed by atoms with E-state index in [-0.39, 0.29) is 5.56 Å². The van der Waals surface area contributed by atoms with Crippen LogP contribution in [0.15, 0.2) is 52.4 Å². The Morgan fingerprint density at radius 3 is 2.43 bits per heavy atom. The molecule has 3 aromatic heterocycles. The molecule has 178 valence electrons. The first kappa shape index (κ1) is 22.5. The van der Waals surface area contributed by atoms with Crippen molar-refractivity contribution in [2.75, 3.05) is 27.9 Å². The van der Waals surface area contributed by atoms with E-state index in [0.29, 0.717) is 69.3 Å². The van der Waals surface area contributed by atoms with Crippen LogP contribution < -0.4 is 15.0 Å². The van der Waals surface area contributed by atoms with Crippen LogP contribution in [0, 0.1) is 6.92 Å². The lowest BCUT2D eigenvalue weighted by Gasteiger charge is -2.10. The third kappa shape index (κ3) is 3.77. The maximum atomic E-state index is 13.6. The second kappa shape index (κ2) is 9.15. The molecule has 0 amide bonds. The molecule has 0 fully saturated rings. The fourth-order valence-corrected chi connectivity index (χ4v) is 4.10. The van der Waals surface area contributed by atoms with Crippen LogP contribution in [0.1, 0.15) is 11.4 Å². The van der Waals surface area contributed by atoms with E-state index in [1.165, 1.54) is 0 Å². The number of fused-ring (bicyclic) bond motifs is 4. The third-order valence-corrected chi connectivity index (χ3v) is 5.80. The van der Waals surface area contributed by atoms with Gasteiger partial charge in [-0.05, 0) is 31.2 Å². The molecule has 0 saturated heterocycles. The Bertz CT molecular complexity index is 1650. The average Bonchev–Trinajstić information content (AvgIpc) is 3.17. The highest BCUT2D eigenvalue weighted by Gasteiger charge is 2.21. The molecular formula is C25H24N6O4. The van der Waals surface area contributed by atoms with Crippen molar-refractivity contribution >= 4 is 39.4 Å². The fourth-order valence-electron chi connectivity index (χ4n) is 4.10. The van der Waals surface area contributed by atoms with Crippen molar-refractivity contribution in [3.05, 3.63) is 64.2 Å². The monoisotopic (exact) mass is 472 g/mol. The van der Waals surface area contributed by atoms with Crippen molar-refractivity contribution in [2.45, 2.75) is 13.5 Å². The normalized spacial score (nSPS) is 11.8. The predicted molar refractivity (Wildman–Crippen MR) is 134 cm³/mol. The zero-order valence-electron chi connectivity index (χ0n) is 19.8. The summed E-state index contributed by atoms with van der Waals surface area (Å²) < 4.78 is 19.2. The number of benzene rings is 2. The molecule has 0 bridgehead atoms. The Kier molecular flexibility index (Phi) is 5.87. The molecule has 10 nitrogen and oxygen atoms in total. The van der Waals surface area contributed by atoms with Crippen LogP contribution in [0.4, 0.5) is 0 Å². The SMILES string of the molecule is COCCn1c(C)nc2c(c1=O)c1nc3ccccc3nc1n2/N=C\c1cccc(OC)c1OC. The highest BCUT2D eigenvalue weighted by molar-refractivity contribution is 6.05. The minimum Gasteiger partial charge on any atom is -0.493 e. The number of ether oxygens (including phenoxy) is 3. The topological polar surface area (TPSA) is 106 Å². The lowest BCUT2D eigenvalue weighted by Crippen LogP contribution is -2.25. The molecule has 0 aliphatic carbocycles. The summed E-state index contributed by atoms with van der Waals surface area (Å²) in [5.74, 6) is 1.67. The van der Waals surface area contributed by atoms with Crippen LogP contribution in [0.5, 0.6) is 11.5 Å². The average molecular weight is 473 g/mol. The summed E-state index contributed by atoms with van der Waals surface area (Å²) in [7, 11) is 4.74.